The van der Waals surface area contributed by atoms with Gasteiger partial charge in [0.2, 0.25) is 10.0 Å². The first kappa shape index (κ1) is 15.9. The highest BCUT2D eigenvalue weighted by Crippen LogP contribution is 2.21. The highest BCUT2D eigenvalue weighted by atomic mass is 32.2. The molecule has 0 fully saturated rings. The van der Waals surface area contributed by atoms with Gasteiger partial charge in [-0.2, -0.15) is 5.26 Å². The average Bonchev–Trinajstić information content (AvgIpc) is 2.53. The first-order chi connectivity index (χ1) is 10.5. The molecule has 2 aromatic rings. The van der Waals surface area contributed by atoms with Gasteiger partial charge >= 0.3 is 0 Å². The summed E-state index contributed by atoms with van der Waals surface area (Å²) in [6.45, 7) is 0.0243. The average molecular weight is 320 g/mol. The van der Waals surface area contributed by atoms with Crippen molar-refractivity contribution in [2.24, 2.45) is 0 Å². The number of nitrogens with zero attached hydrogens (tertiary/aromatic N) is 1. The summed E-state index contributed by atoms with van der Waals surface area (Å²) in [7, 11) is -2.38. The predicted octanol–water partition coefficient (Wildman–Crippen LogP) is 2.18. The van der Waals surface area contributed by atoms with Gasteiger partial charge in [0.05, 0.1) is 17.6 Å². The van der Waals surface area contributed by atoms with Crippen LogP contribution in [-0.4, -0.2) is 15.5 Å². The molecule has 22 heavy (non-hydrogen) atoms. The van der Waals surface area contributed by atoms with Gasteiger partial charge in [0.25, 0.3) is 0 Å². The van der Waals surface area contributed by atoms with Crippen molar-refractivity contribution in [2.45, 2.75) is 11.4 Å². The third-order valence-corrected chi connectivity index (χ3v) is 4.38. The van der Waals surface area contributed by atoms with E-state index in [1.165, 1.54) is 49.6 Å². The minimum atomic E-state index is -3.78. The van der Waals surface area contributed by atoms with Crippen molar-refractivity contribution in [3.8, 4) is 11.8 Å². The molecule has 0 aliphatic carbocycles. The smallest absolute Gasteiger partial charge is 0.240 e. The van der Waals surface area contributed by atoms with Crippen LogP contribution in [0.15, 0.2) is 47.4 Å². The molecule has 0 radical (unpaired) electrons. The molecular weight excluding hydrogens is 307 g/mol. The van der Waals surface area contributed by atoms with E-state index in [1.807, 2.05) is 6.07 Å². The maximum atomic E-state index is 12.8. The van der Waals surface area contributed by atoms with Crippen LogP contribution in [0.5, 0.6) is 5.75 Å². The Kier molecular flexibility index (Phi) is 4.75. The highest BCUT2D eigenvalue weighted by Gasteiger charge is 2.16. The van der Waals surface area contributed by atoms with Gasteiger partial charge in [0, 0.05) is 6.54 Å². The molecule has 2 rings (SSSR count). The molecule has 0 unspecified atom stereocenters. The first-order valence-corrected chi connectivity index (χ1v) is 7.77. The Morgan fingerprint density at radius 1 is 1.23 bits per heavy atom. The number of ether oxygens (including phenoxy) is 1. The predicted molar refractivity (Wildman–Crippen MR) is 78.1 cm³/mol. The molecule has 0 aliphatic heterocycles. The Labute approximate surface area is 128 Å². The zero-order valence-corrected chi connectivity index (χ0v) is 12.5. The third kappa shape index (κ3) is 3.61. The van der Waals surface area contributed by atoms with Gasteiger partial charge < -0.3 is 4.74 Å². The van der Waals surface area contributed by atoms with Crippen molar-refractivity contribution in [1.82, 2.24) is 4.72 Å². The fourth-order valence-electron chi connectivity index (χ4n) is 1.81. The molecule has 1 N–H and O–H groups in total. The fraction of sp³-hybridized carbons (Fsp3) is 0.133. The van der Waals surface area contributed by atoms with E-state index in [0.29, 0.717) is 11.3 Å². The van der Waals surface area contributed by atoms with Crippen molar-refractivity contribution in [2.75, 3.05) is 7.11 Å². The monoisotopic (exact) mass is 320 g/mol. The van der Waals surface area contributed by atoms with Crippen molar-refractivity contribution < 1.29 is 17.5 Å². The quantitative estimate of drug-likeness (QED) is 0.916. The molecule has 0 spiro atoms. The summed E-state index contributed by atoms with van der Waals surface area (Å²) in [5, 5.41) is 8.99. The van der Waals surface area contributed by atoms with Gasteiger partial charge in [0.1, 0.15) is 17.6 Å². The van der Waals surface area contributed by atoms with Crippen LogP contribution in [0.25, 0.3) is 0 Å². The van der Waals surface area contributed by atoms with E-state index in [-0.39, 0.29) is 22.8 Å². The van der Waals surface area contributed by atoms with E-state index < -0.39 is 10.0 Å². The summed E-state index contributed by atoms with van der Waals surface area (Å²) in [5.74, 6) is -0.0830. The fourth-order valence-corrected chi connectivity index (χ4v) is 2.85. The van der Waals surface area contributed by atoms with Crippen LogP contribution in [0.2, 0.25) is 0 Å². The maximum Gasteiger partial charge on any atom is 0.240 e. The first-order valence-electron chi connectivity index (χ1n) is 6.28. The van der Waals surface area contributed by atoms with Crippen molar-refractivity contribution in [1.29, 1.82) is 5.26 Å². The van der Waals surface area contributed by atoms with Crippen molar-refractivity contribution in [3.63, 3.8) is 0 Å². The van der Waals surface area contributed by atoms with Crippen LogP contribution in [0.3, 0.4) is 0 Å². The van der Waals surface area contributed by atoms with Crippen LogP contribution >= 0.6 is 0 Å². The molecule has 0 heterocycles. The SMILES string of the molecule is COc1ccc(S(=O)(=O)NCc2ccc(F)cc2)cc1C#N. The molecule has 7 heteroatoms. The minimum absolute atomic E-state index is 0.0243. The minimum Gasteiger partial charge on any atom is -0.495 e. The molecule has 0 saturated carbocycles. The van der Waals surface area contributed by atoms with E-state index in [0.717, 1.165) is 0 Å². The van der Waals surface area contributed by atoms with Crippen LogP contribution in [0.1, 0.15) is 11.1 Å². The van der Waals surface area contributed by atoms with Gasteiger partial charge in [0.15, 0.2) is 0 Å². The van der Waals surface area contributed by atoms with Crippen molar-refractivity contribution >= 4 is 10.0 Å². The van der Waals surface area contributed by atoms with Gasteiger partial charge in [-0.15, -0.1) is 0 Å². The second-order valence-corrected chi connectivity index (χ2v) is 6.19. The Bertz CT molecular complexity index is 812. The van der Waals surface area contributed by atoms with E-state index in [4.69, 9.17) is 10.00 Å². The lowest BCUT2D eigenvalue weighted by Gasteiger charge is -2.09. The molecular formula is C15H13FN2O3S. The van der Waals surface area contributed by atoms with Crippen LogP contribution < -0.4 is 9.46 Å². The van der Waals surface area contributed by atoms with Crippen LogP contribution in [0.4, 0.5) is 4.39 Å². The molecule has 0 bridgehead atoms. The Hall–Kier alpha value is -2.43. The molecule has 0 aromatic heterocycles. The summed E-state index contributed by atoms with van der Waals surface area (Å²) in [6, 6.07) is 11.4. The molecule has 0 atom stereocenters. The number of sulfonamides is 1. The zero-order chi connectivity index (χ0) is 16.2. The third-order valence-electron chi connectivity index (χ3n) is 2.98. The number of hydrogen-bond acceptors (Lipinski definition) is 4. The Balaban J connectivity index is 2.20. The zero-order valence-electron chi connectivity index (χ0n) is 11.7. The second kappa shape index (κ2) is 6.56. The number of nitriles is 1. The molecule has 114 valence electrons. The van der Waals surface area contributed by atoms with Crippen LogP contribution in [-0.2, 0) is 16.6 Å². The molecule has 2 aromatic carbocycles. The summed E-state index contributed by atoms with van der Waals surface area (Å²) in [6.07, 6.45) is 0. The van der Waals surface area contributed by atoms with E-state index in [2.05, 4.69) is 4.72 Å². The molecule has 0 aliphatic rings. The lowest BCUT2D eigenvalue weighted by molar-refractivity contribution is 0.413. The summed E-state index contributed by atoms with van der Waals surface area (Å²) in [5.41, 5.74) is 0.756. The van der Waals surface area contributed by atoms with Gasteiger partial charge in [-0.3, -0.25) is 0 Å². The summed E-state index contributed by atoms with van der Waals surface area (Å²) < 4.78 is 44.6. The lowest BCUT2D eigenvalue weighted by atomic mass is 10.2. The maximum absolute atomic E-state index is 12.8. The van der Waals surface area contributed by atoms with Crippen LogP contribution in [0, 0.1) is 17.1 Å². The topological polar surface area (TPSA) is 79.2 Å². The van der Waals surface area contributed by atoms with Gasteiger partial charge in [-0.1, -0.05) is 12.1 Å². The normalized spacial score (nSPS) is 11.0. The van der Waals surface area contributed by atoms with E-state index in [9.17, 15) is 12.8 Å². The number of rotatable bonds is 5. The molecule has 0 saturated heterocycles. The van der Waals surface area contributed by atoms with Gasteiger partial charge in [-0.05, 0) is 35.9 Å². The lowest BCUT2D eigenvalue weighted by Crippen LogP contribution is -2.23. The Morgan fingerprint density at radius 2 is 1.91 bits per heavy atom. The molecule has 0 amide bonds. The molecule has 5 nitrogen and oxygen atoms in total. The number of methoxy groups -OCH3 is 1. The number of hydrogen-bond donors (Lipinski definition) is 1. The highest BCUT2D eigenvalue weighted by molar-refractivity contribution is 7.89. The summed E-state index contributed by atoms with van der Waals surface area (Å²) >= 11 is 0. The van der Waals surface area contributed by atoms with Crippen molar-refractivity contribution in [3.05, 3.63) is 59.4 Å². The number of halogens is 1. The van der Waals surface area contributed by atoms with Gasteiger partial charge in [-0.25, -0.2) is 17.5 Å². The van der Waals surface area contributed by atoms with E-state index >= 15 is 0 Å². The standard InChI is InChI=1S/C15H13FN2O3S/c1-21-15-7-6-14(8-12(15)9-17)22(19,20)18-10-11-2-4-13(16)5-3-11/h2-8,18H,10H2,1H3. The number of nitrogens with one attached hydrogen (secondary N) is 1. The second-order valence-electron chi connectivity index (χ2n) is 4.42. The van der Waals surface area contributed by atoms with E-state index in [1.54, 1.807) is 0 Å². The Morgan fingerprint density at radius 3 is 2.50 bits per heavy atom. The number of benzene rings is 2. The summed E-state index contributed by atoms with van der Waals surface area (Å²) in [4.78, 5) is -0.0352. The largest absolute Gasteiger partial charge is 0.495 e.